The minimum absolute atomic E-state index is 0.0102. The van der Waals surface area contributed by atoms with Crippen molar-refractivity contribution in [2.45, 2.75) is 57.4 Å². The molecule has 1 aromatic rings. The number of morpholine rings is 1. The van der Waals surface area contributed by atoms with E-state index in [-0.39, 0.29) is 11.9 Å². The smallest absolute Gasteiger partial charge is 0.322 e. The number of urea groups is 1. The van der Waals surface area contributed by atoms with Crippen molar-refractivity contribution in [2.75, 3.05) is 38.2 Å². The van der Waals surface area contributed by atoms with Crippen molar-refractivity contribution in [3.63, 3.8) is 0 Å². The van der Waals surface area contributed by atoms with Crippen molar-refractivity contribution >= 4 is 28.3 Å². The van der Waals surface area contributed by atoms with E-state index in [4.69, 9.17) is 4.74 Å². The van der Waals surface area contributed by atoms with Crippen LogP contribution in [0.2, 0.25) is 0 Å². The third-order valence-electron chi connectivity index (χ3n) is 6.92. The van der Waals surface area contributed by atoms with E-state index in [1.165, 1.54) is 29.7 Å². The van der Waals surface area contributed by atoms with Gasteiger partial charge in [0.15, 0.2) is 0 Å². The molecule has 28 heavy (non-hydrogen) atoms. The lowest BCUT2D eigenvalue weighted by Crippen LogP contribution is -2.42. The van der Waals surface area contributed by atoms with Crippen LogP contribution < -0.4 is 5.32 Å². The van der Waals surface area contributed by atoms with Gasteiger partial charge in [-0.05, 0) is 56.4 Å². The van der Waals surface area contributed by atoms with Crippen LogP contribution in [0.25, 0.3) is 0 Å². The van der Waals surface area contributed by atoms with Crippen LogP contribution in [-0.4, -0.2) is 60.6 Å². The fraction of sp³-hybridized carbons (Fsp3) is 0.714. The van der Waals surface area contributed by atoms with E-state index in [1.54, 1.807) is 11.3 Å². The Hall–Kier alpha value is -1.60. The van der Waals surface area contributed by atoms with Crippen LogP contribution in [0.3, 0.4) is 0 Å². The number of hydrogen-bond acceptors (Lipinski definition) is 4. The fourth-order valence-electron chi connectivity index (χ4n) is 5.46. The monoisotopic (exact) mass is 403 g/mol. The topological polar surface area (TPSA) is 61.9 Å². The summed E-state index contributed by atoms with van der Waals surface area (Å²) in [6.45, 7) is 3.30. The Morgan fingerprint density at radius 2 is 1.82 bits per heavy atom. The highest BCUT2D eigenvalue weighted by molar-refractivity contribution is 7.17. The Balaban J connectivity index is 1.41. The highest BCUT2D eigenvalue weighted by Gasteiger charge is 2.40. The number of ether oxygens (including phenoxy) is 1. The summed E-state index contributed by atoms with van der Waals surface area (Å²) in [6, 6.07) is 0.386. The number of likely N-dealkylation sites (tertiary alicyclic amines) is 1. The van der Waals surface area contributed by atoms with Crippen LogP contribution in [-0.2, 0) is 17.6 Å². The average Bonchev–Trinajstić information content (AvgIpc) is 3.41. The zero-order valence-electron chi connectivity index (χ0n) is 16.4. The molecule has 0 spiro atoms. The van der Waals surface area contributed by atoms with Gasteiger partial charge < -0.3 is 14.5 Å². The first-order valence-electron chi connectivity index (χ1n) is 10.8. The first-order chi connectivity index (χ1) is 13.7. The molecule has 0 aromatic carbocycles. The number of carbonyl (C=O) groups excluding carboxylic acids is 2. The fourth-order valence-corrected chi connectivity index (χ4v) is 6.73. The molecule has 1 aromatic heterocycles. The largest absolute Gasteiger partial charge is 0.378 e. The predicted molar refractivity (Wildman–Crippen MR) is 109 cm³/mol. The van der Waals surface area contributed by atoms with Gasteiger partial charge in [-0.3, -0.25) is 10.1 Å². The molecule has 1 N–H and O–H groups in total. The number of carbonyl (C=O) groups is 2. The second-order valence-electron chi connectivity index (χ2n) is 8.49. The number of amides is 3. The minimum atomic E-state index is -0.0102. The third kappa shape index (κ3) is 3.22. The number of nitrogens with one attached hydrogen (secondary N) is 1. The molecule has 3 fully saturated rings. The number of nitrogens with zero attached hydrogens (tertiary/aromatic N) is 2. The van der Waals surface area contributed by atoms with E-state index in [1.807, 2.05) is 9.80 Å². The first kappa shape index (κ1) is 18.4. The van der Waals surface area contributed by atoms with Gasteiger partial charge in [0, 0.05) is 30.6 Å². The molecule has 3 amide bonds. The highest BCUT2D eigenvalue weighted by atomic mass is 32.1. The lowest BCUT2D eigenvalue weighted by atomic mass is 9.95. The Bertz CT molecular complexity index is 771. The lowest BCUT2D eigenvalue weighted by Gasteiger charge is -2.28. The van der Waals surface area contributed by atoms with Crippen molar-refractivity contribution < 1.29 is 14.3 Å². The Kier molecular flexibility index (Phi) is 5.05. The second kappa shape index (κ2) is 7.67. The molecule has 0 bridgehead atoms. The number of aryl methyl sites for hydroxylation is 1. The summed E-state index contributed by atoms with van der Waals surface area (Å²) in [6.07, 6.45) is 8.99. The summed E-state index contributed by atoms with van der Waals surface area (Å²) in [7, 11) is 0. The van der Waals surface area contributed by atoms with E-state index in [0.29, 0.717) is 38.3 Å². The van der Waals surface area contributed by atoms with Gasteiger partial charge in [-0.1, -0.05) is 6.42 Å². The van der Waals surface area contributed by atoms with Crippen molar-refractivity contribution in [3.8, 4) is 0 Å². The van der Waals surface area contributed by atoms with Gasteiger partial charge in [0.1, 0.15) is 5.00 Å². The third-order valence-corrected chi connectivity index (χ3v) is 8.13. The molecule has 3 heterocycles. The van der Waals surface area contributed by atoms with Gasteiger partial charge in [-0.25, -0.2) is 4.79 Å². The molecule has 2 atom stereocenters. The van der Waals surface area contributed by atoms with Gasteiger partial charge in [0.2, 0.25) is 0 Å². The summed E-state index contributed by atoms with van der Waals surface area (Å²) in [5.41, 5.74) is 1.94. The van der Waals surface area contributed by atoms with Gasteiger partial charge in [-0.2, -0.15) is 0 Å². The Morgan fingerprint density at radius 3 is 2.68 bits per heavy atom. The van der Waals surface area contributed by atoms with Gasteiger partial charge in [0.25, 0.3) is 5.91 Å². The molecular weight excluding hydrogens is 374 g/mol. The number of fused-ring (bicyclic) bond motifs is 2. The summed E-state index contributed by atoms with van der Waals surface area (Å²) >= 11 is 1.63. The number of anilines is 1. The highest BCUT2D eigenvalue weighted by Crippen LogP contribution is 2.41. The normalized spacial score (nSPS) is 26.9. The molecule has 2 aliphatic heterocycles. The van der Waals surface area contributed by atoms with Crippen molar-refractivity contribution in [1.29, 1.82) is 0 Å². The molecule has 2 aliphatic carbocycles. The molecule has 152 valence electrons. The number of hydrogen-bond donors (Lipinski definition) is 1. The van der Waals surface area contributed by atoms with Crippen molar-refractivity contribution in [2.24, 2.45) is 5.92 Å². The molecular formula is C21H29N3O3S. The standard InChI is InChI=1S/C21H29N3O3S/c25-20(23-10-12-27-13-11-23)18-15-5-1-2-7-17(15)28-19(18)22-21(26)24-9-8-14-4-3-6-16(14)24/h14,16H,1-13H2,(H,22,26). The van der Waals surface area contributed by atoms with Gasteiger partial charge in [-0.15, -0.1) is 11.3 Å². The molecule has 2 saturated heterocycles. The van der Waals surface area contributed by atoms with E-state index >= 15 is 0 Å². The zero-order chi connectivity index (χ0) is 19.1. The van der Waals surface area contributed by atoms with E-state index in [0.717, 1.165) is 49.2 Å². The van der Waals surface area contributed by atoms with Crippen molar-refractivity contribution in [1.82, 2.24) is 9.80 Å². The Labute approximate surface area is 170 Å². The SMILES string of the molecule is O=C(c1c(NC(=O)N2CCC3CCCC32)sc2c1CCCC2)N1CCOCC1. The summed E-state index contributed by atoms with van der Waals surface area (Å²) in [5.74, 6) is 0.745. The first-order valence-corrected chi connectivity index (χ1v) is 11.6. The van der Waals surface area contributed by atoms with E-state index in [2.05, 4.69) is 5.32 Å². The van der Waals surface area contributed by atoms with Crippen LogP contribution in [0, 0.1) is 5.92 Å². The van der Waals surface area contributed by atoms with Gasteiger partial charge in [0.05, 0.1) is 18.8 Å². The van der Waals surface area contributed by atoms with Crippen LogP contribution in [0.4, 0.5) is 9.80 Å². The van der Waals surface area contributed by atoms with Crippen LogP contribution >= 0.6 is 11.3 Å². The van der Waals surface area contributed by atoms with Crippen LogP contribution in [0.1, 0.15) is 59.3 Å². The van der Waals surface area contributed by atoms with Crippen molar-refractivity contribution in [3.05, 3.63) is 16.0 Å². The maximum atomic E-state index is 13.4. The number of rotatable bonds is 2. The minimum Gasteiger partial charge on any atom is -0.378 e. The van der Waals surface area contributed by atoms with E-state index < -0.39 is 0 Å². The second-order valence-corrected chi connectivity index (χ2v) is 9.60. The van der Waals surface area contributed by atoms with Crippen LogP contribution in [0.5, 0.6) is 0 Å². The molecule has 0 radical (unpaired) electrons. The predicted octanol–water partition coefficient (Wildman–Crippen LogP) is 3.51. The maximum Gasteiger partial charge on any atom is 0.322 e. The summed E-state index contributed by atoms with van der Waals surface area (Å²) in [4.78, 5) is 31.7. The summed E-state index contributed by atoms with van der Waals surface area (Å²) < 4.78 is 5.41. The molecule has 2 unspecified atom stereocenters. The zero-order valence-corrected chi connectivity index (χ0v) is 17.2. The Morgan fingerprint density at radius 1 is 1.00 bits per heavy atom. The van der Waals surface area contributed by atoms with Gasteiger partial charge >= 0.3 is 6.03 Å². The summed E-state index contributed by atoms with van der Waals surface area (Å²) in [5, 5.41) is 3.94. The average molecular weight is 404 g/mol. The molecule has 4 aliphatic rings. The molecule has 6 nitrogen and oxygen atoms in total. The molecule has 7 heteroatoms. The van der Waals surface area contributed by atoms with E-state index in [9.17, 15) is 9.59 Å². The molecule has 5 rings (SSSR count). The number of thiophene rings is 1. The maximum absolute atomic E-state index is 13.4. The quantitative estimate of drug-likeness (QED) is 0.822. The molecule has 1 saturated carbocycles. The van der Waals surface area contributed by atoms with Crippen LogP contribution in [0.15, 0.2) is 0 Å². The lowest BCUT2D eigenvalue weighted by molar-refractivity contribution is 0.0303.